The first-order valence-corrected chi connectivity index (χ1v) is 12.4. The molecule has 2 saturated heterocycles. The van der Waals surface area contributed by atoms with Crippen LogP contribution in [0, 0.1) is 5.92 Å². The van der Waals surface area contributed by atoms with Gasteiger partial charge >= 0.3 is 0 Å². The van der Waals surface area contributed by atoms with Crippen LogP contribution in [-0.2, 0) is 24.8 Å². The lowest BCUT2D eigenvalue weighted by molar-refractivity contribution is -0.135. The molecule has 0 aliphatic carbocycles. The van der Waals surface area contributed by atoms with Gasteiger partial charge in [-0.15, -0.1) is 11.3 Å². The Morgan fingerprint density at radius 2 is 1.72 bits per heavy atom. The highest BCUT2D eigenvalue weighted by Crippen LogP contribution is 2.28. The van der Waals surface area contributed by atoms with Gasteiger partial charge in [0.25, 0.3) is 11.8 Å². The Balaban J connectivity index is 1.27. The first kappa shape index (κ1) is 21.2. The maximum Gasteiger partial charge on any atom is 0.274 e. The Labute approximate surface area is 191 Å². The van der Waals surface area contributed by atoms with Crippen molar-refractivity contribution >= 4 is 29.1 Å². The van der Waals surface area contributed by atoms with Crippen LogP contribution in [0.5, 0.6) is 0 Å². The summed E-state index contributed by atoms with van der Waals surface area (Å²) in [5.74, 6) is 0.203. The minimum Gasteiger partial charge on any atom is -0.342 e. The van der Waals surface area contributed by atoms with Gasteiger partial charge in [-0.2, -0.15) is 5.10 Å². The molecule has 0 saturated carbocycles. The molecule has 0 spiro atoms. The fraction of sp³-hybridized carbons (Fsp3) is 0.565. The molecular formula is C23H29N5O3S. The quantitative estimate of drug-likeness (QED) is 0.711. The zero-order chi connectivity index (χ0) is 22.2. The summed E-state index contributed by atoms with van der Waals surface area (Å²) in [6.45, 7) is 3.93. The molecule has 0 unspecified atom stereocenters. The fourth-order valence-electron chi connectivity index (χ4n) is 5.17. The lowest BCUT2D eigenvalue weighted by Gasteiger charge is -2.33. The van der Waals surface area contributed by atoms with E-state index in [1.807, 2.05) is 39.3 Å². The van der Waals surface area contributed by atoms with E-state index in [9.17, 15) is 14.4 Å². The minimum absolute atomic E-state index is 0.00846. The van der Waals surface area contributed by atoms with Gasteiger partial charge in [0, 0.05) is 63.4 Å². The highest BCUT2D eigenvalue weighted by atomic mass is 32.1. The van der Waals surface area contributed by atoms with E-state index in [0.717, 1.165) is 42.1 Å². The lowest BCUT2D eigenvalue weighted by atomic mass is 9.94. The summed E-state index contributed by atoms with van der Waals surface area (Å²) in [5, 5.41) is 6.46. The predicted molar refractivity (Wildman–Crippen MR) is 120 cm³/mol. The summed E-state index contributed by atoms with van der Waals surface area (Å²) in [6, 6.07) is 3.72. The average molecular weight is 456 g/mol. The van der Waals surface area contributed by atoms with E-state index in [1.165, 1.54) is 11.3 Å². The lowest BCUT2D eigenvalue weighted by Crippen LogP contribution is -2.44. The van der Waals surface area contributed by atoms with E-state index in [4.69, 9.17) is 0 Å². The summed E-state index contributed by atoms with van der Waals surface area (Å²) in [7, 11) is 1.87. The van der Waals surface area contributed by atoms with Crippen molar-refractivity contribution in [3.05, 3.63) is 39.3 Å². The topological polar surface area (TPSA) is 78.8 Å². The molecule has 9 heteroatoms. The summed E-state index contributed by atoms with van der Waals surface area (Å²) >= 11 is 1.44. The average Bonchev–Trinajstić information content (AvgIpc) is 3.59. The number of likely N-dealkylation sites (tertiary alicyclic amines) is 2. The van der Waals surface area contributed by atoms with Gasteiger partial charge in [0.1, 0.15) is 0 Å². The van der Waals surface area contributed by atoms with Gasteiger partial charge in [0.05, 0.1) is 11.4 Å². The van der Waals surface area contributed by atoms with Crippen molar-refractivity contribution in [1.29, 1.82) is 0 Å². The fourth-order valence-corrected chi connectivity index (χ4v) is 5.86. The number of carbonyl (C=O) groups is 3. The third kappa shape index (κ3) is 3.83. The van der Waals surface area contributed by atoms with Gasteiger partial charge in [-0.3, -0.25) is 19.1 Å². The van der Waals surface area contributed by atoms with Gasteiger partial charge in [0.2, 0.25) is 5.91 Å². The first-order chi connectivity index (χ1) is 15.5. The van der Waals surface area contributed by atoms with Crippen LogP contribution < -0.4 is 0 Å². The van der Waals surface area contributed by atoms with E-state index in [-0.39, 0.29) is 23.6 Å². The van der Waals surface area contributed by atoms with E-state index in [1.54, 1.807) is 4.68 Å². The number of rotatable bonds is 3. The van der Waals surface area contributed by atoms with Crippen molar-refractivity contribution in [2.45, 2.75) is 38.6 Å². The number of hydrogen-bond acceptors (Lipinski definition) is 5. The maximum atomic E-state index is 13.4. The van der Waals surface area contributed by atoms with E-state index in [2.05, 4.69) is 5.10 Å². The zero-order valence-electron chi connectivity index (χ0n) is 18.5. The van der Waals surface area contributed by atoms with Gasteiger partial charge in [-0.25, -0.2) is 0 Å². The Morgan fingerprint density at radius 3 is 2.41 bits per heavy atom. The van der Waals surface area contributed by atoms with Gasteiger partial charge in [-0.05, 0) is 37.1 Å². The normalized spacial score (nSPS) is 19.3. The van der Waals surface area contributed by atoms with Crippen LogP contribution in [0.3, 0.4) is 0 Å². The number of carbonyl (C=O) groups excluding carboxylic acids is 3. The third-order valence-electron chi connectivity index (χ3n) is 7.01. The van der Waals surface area contributed by atoms with Crippen molar-refractivity contribution < 1.29 is 14.4 Å². The Kier molecular flexibility index (Phi) is 5.75. The maximum absolute atomic E-state index is 13.4. The number of thiophene rings is 1. The van der Waals surface area contributed by atoms with Crippen LogP contribution in [0.15, 0.2) is 17.5 Å². The summed E-state index contributed by atoms with van der Waals surface area (Å²) in [4.78, 5) is 45.3. The molecule has 5 rings (SSSR count). The second-order valence-corrected chi connectivity index (χ2v) is 9.90. The molecule has 3 aliphatic rings. The van der Waals surface area contributed by atoms with Crippen LogP contribution in [0.4, 0.5) is 0 Å². The standard InChI is InChI=1S/C23H29N5O3S/c1-25-18-8-13-28(22(30)19-5-4-14-32-19)15-17(18)20(24-25)23(31)27-11-6-16(7-12-27)21(29)26-9-2-3-10-26/h4-5,14,16H,2-3,6-13,15H2,1H3. The number of amides is 3. The van der Waals surface area contributed by atoms with Crippen molar-refractivity contribution in [3.8, 4) is 0 Å². The third-order valence-corrected chi connectivity index (χ3v) is 7.87. The second-order valence-electron chi connectivity index (χ2n) is 8.95. The molecule has 32 heavy (non-hydrogen) atoms. The summed E-state index contributed by atoms with van der Waals surface area (Å²) < 4.78 is 1.79. The molecule has 0 bridgehead atoms. The van der Waals surface area contributed by atoms with Gasteiger partial charge in [0.15, 0.2) is 5.69 Å². The number of aromatic nitrogens is 2. The Morgan fingerprint density at radius 1 is 0.969 bits per heavy atom. The molecule has 3 amide bonds. The highest BCUT2D eigenvalue weighted by Gasteiger charge is 2.35. The molecule has 0 atom stereocenters. The van der Waals surface area contributed by atoms with Gasteiger partial charge < -0.3 is 14.7 Å². The monoisotopic (exact) mass is 455 g/mol. The van der Waals surface area contributed by atoms with Crippen molar-refractivity contribution in [2.75, 3.05) is 32.7 Å². The molecule has 0 radical (unpaired) electrons. The SMILES string of the molecule is Cn1nc(C(=O)N2CCC(C(=O)N3CCCC3)CC2)c2c1CCN(C(=O)c1cccs1)C2. The molecule has 2 aromatic heterocycles. The van der Waals surface area contributed by atoms with E-state index in [0.29, 0.717) is 51.1 Å². The molecule has 5 heterocycles. The molecule has 2 aromatic rings. The summed E-state index contributed by atoms with van der Waals surface area (Å²) in [6.07, 6.45) is 4.30. The largest absolute Gasteiger partial charge is 0.342 e. The van der Waals surface area contributed by atoms with Crippen LogP contribution in [-0.4, -0.2) is 74.9 Å². The highest BCUT2D eigenvalue weighted by molar-refractivity contribution is 7.12. The summed E-state index contributed by atoms with van der Waals surface area (Å²) in [5.41, 5.74) is 2.35. The predicted octanol–water partition coefficient (Wildman–Crippen LogP) is 2.15. The van der Waals surface area contributed by atoms with Crippen molar-refractivity contribution in [3.63, 3.8) is 0 Å². The molecule has 8 nitrogen and oxygen atoms in total. The Hall–Kier alpha value is -2.68. The molecular weight excluding hydrogens is 426 g/mol. The number of fused-ring (bicyclic) bond motifs is 1. The molecule has 170 valence electrons. The molecule has 2 fully saturated rings. The smallest absolute Gasteiger partial charge is 0.274 e. The first-order valence-electron chi connectivity index (χ1n) is 11.5. The van der Waals surface area contributed by atoms with Crippen LogP contribution in [0.25, 0.3) is 0 Å². The van der Waals surface area contributed by atoms with Gasteiger partial charge in [-0.1, -0.05) is 6.07 Å². The van der Waals surface area contributed by atoms with E-state index >= 15 is 0 Å². The van der Waals surface area contributed by atoms with Crippen LogP contribution in [0.1, 0.15) is 57.1 Å². The number of hydrogen-bond donors (Lipinski definition) is 0. The zero-order valence-corrected chi connectivity index (χ0v) is 19.3. The number of aryl methyl sites for hydroxylation is 1. The molecule has 0 aromatic carbocycles. The number of piperidine rings is 1. The van der Waals surface area contributed by atoms with Crippen LogP contribution in [0.2, 0.25) is 0 Å². The van der Waals surface area contributed by atoms with E-state index < -0.39 is 0 Å². The van der Waals surface area contributed by atoms with Crippen LogP contribution >= 0.6 is 11.3 Å². The van der Waals surface area contributed by atoms with Crippen molar-refractivity contribution in [2.24, 2.45) is 13.0 Å². The Bertz CT molecular complexity index is 1020. The number of nitrogens with zero attached hydrogens (tertiary/aromatic N) is 5. The minimum atomic E-state index is -0.0839. The molecule has 3 aliphatic heterocycles. The second kappa shape index (κ2) is 8.69. The molecule has 0 N–H and O–H groups in total. The van der Waals surface area contributed by atoms with Crippen molar-refractivity contribution in [1.82, 2.24) is 24.5 Å².